The van der Waals surface area contributed by atoms with Crippen LogP contribution in [0, 0.1) is 11.3 Å². The van der Waals surface area contributed by atoms with Crippen LogP contribution in [-0.4, -0.2) is 18.8 Å². The quantitative estimate of drug-likeness (QED) is 0.507. The highest BCUT2D eigenvalue weighted by atomic mass is 16.5. The number of methoxy groups -OCH3 is 1. The molecule has 0 saturated carbocycles. The van der Waals surface area contributed by atoms with Crippen molar-refractivity contribution in [3.05, 3.63) is 107 Å². The van der Waals surface area contributed by atoms with E-state index in [2.05, 4.69) is 6.07 Å². The molecule has 0 aromatic heterocycles. The van der Waals surface area contributed by atoms with Crippen molar-refractivity contribution >= 4 is 11.7 Å². The van der Waals surface area contributed by atoms with E-state index in [0.29, 0.717) is 16.8 Å². The van der Waals surface area contributed by atoms with E-state index in [1.165, 1.54) is 7.11 Å². The number of aliphatic imine (C=N–C) groups is 1. The average Bonchev–Trinajstić information content (AvgIpc) is 2.75. The Labute approximate surface area is 158 Å². The van der Waals surface area contributed by atoms with Crippen LogP contribution in [0.25, 0.3) is 0 Å². The molecule has 4 nitrogen and oxygen atoms in total. The fraction of sp³-hybridized carbons (Fsp3) is 0.0870. The largest absolute Gasteiger partial charge is 0.467 e. The molecule has 0 heterocycles. The number of ether oxygens (including phenoxy) is 1. The molecule has 27 heavy (non-hydrogen) atoms. The van der Waals surface area contributed by atoms with Gasteiger partial charge in [0.1, 0.15) is 0 Å². The molecule has 3 aromatic rings. The van der Waals surface area contributed by atoms with Gasteiger partial charge in [-0.3, -0.25) is 4.99 Å². The summed E-state index contributed by atoms with van der Waals surface area (Å²) in [5.41, 5.74) is 3.72. The Balaban J connectivity index is 2.13. The van der Waals surface area contributed by atoms with E-state index in [9.17, 15) is 4.79 Å². The second-order valence-corrected chi connectivity index (χ2v) is 5.87. The second-order valence-electron chi connectivity index (χ2n) is 5.87. The third kappa shape index (κ3) is 4.28. The minimum absolute atomic E-state index is 0.455. The normalized spacial score (nSPS) is 11.1. The van der Waals surface area contributed by atoms with Gasteiger partial charge in [0.05, 0.1) is 24.5 Å². The van der Waals surface area contributed by atoms with Gasteiger partial charge in [0.25, 0.3) is 0 Å². The highest BCUT2D eigenvalue weighted by Gasteiger charge is 2.22. The molecule has 0 saturated heterocycles. The number of rotatable bonds is 5. The summed E-state index contributed by atoms with van der Waals surface area (Å²) >= 11 is 0. The van der Waals surface area contributed by atoms with E-state index < -0.39 is 12.0 Å². The van der Waals surface area contributed by atoms with Crippen molar-refractivity contribution in [1.29, 1.82) is 5.26 Å². The lowest BCUT2D eigenvalue weighted by atomic mass is 10.0. The van der Waals surface area contributed by atoms with Crippen LogP contribution in [0.1, 0.15) is 28.3 Å². The van der Waals surface area contributed by atoms with Crippen molar-refractivity contribution in [1.82, 2.24) is 0 Å². The van der Waals surface area contributed by atoms with Crippen molar-refractivity contribution in [2.75, 3.05) is 7.11 Å². The van der Waals surface area contributed by atoms with Gasteiger partial charge < -0.3 is 4.74 Å². The molecule has 0 radical (unpaired) electrons. The fourth-order valence-electron chi connectivity index (χ4n) is 2.75. The van der Waals surface area contributed by atoms with Gasteiger partial charge in [0.2, 0.25) is 0 Å². The number of benzene rings is 3. The van der Waals surface area contributed by atoms with Gasteiger partial charge in [0.15, 0.2) is 6.04 Å². The molecule has 3 aromatic carbocycles. The van der Waals surface area contributed by atoms with Crippen LogP contribution in [-0.2, 0) is 9.53 Å². The van der Waals surface area contributed by atoms with Crippen LogP contribution >= 0.6 is 0 Å². The maximum absolute atomic E-state index is 12.5. The zero-order chi connectivity index (χ0) is 19.1. The van der Waals surface area contributed by atoms with Gasteiger partial charge in [-0.1, -0.05) is 72.8 Å². The lowest BCUT2D eigenvalue weighted by Crippen LogP contribution is -2.16. The summed E-state index contributed by atoms with van der Waals surface area (Å²) in [5.74, 6) is -0.455. The maximum Gasteiger partial charge on any atom is 0.335 e. The Morgan fingerprint density at radius 3 is 1.85 bits per heavy atom. The molecule has 0 aliphatic carbocycles. The van der Waals surface area contributed by atoms with Crippen molar-refractivity contribution in [3.8, 4) is 6.07 Å². The molecular weight excluding hydrogens is 336 g/mol. The molecule has 0 fully saturated rings. The van der Waals surface area contributed by atoms with Gasteiger partial charge >= 0.3 is 5.97 Å². The standard InChI is InChI=1S/C23H18N2O2/c1-27-23(26)22(20-14-12-17(16-24)13-15-20)25-21(18-8-4-2-5-9-18)19-10-6-3-7-11-19/h2-15,22H,1H3. The number of nitriles is 1. The SMILES string of the molecule is COC(=O)C(N=C(c1ccccc1)c1ccccc1)c1ccc(C#N)cc1. The maximum atomic E-state index is 12.5. The topological polar surface area (TPSA) is 62.4 Å². The Kier molecular flexibility index (Phi) is 5.76. The molecular formula is C23H18N2O2. The molecule has 132 valence electrons. The number of hydrogen-bond acceptors (Lipinski definition) is 4. The summed E-state index contributed by atoms with van der Waals surface area (Å²) in [6.45, 7) is 0. The highest BCUT2D eigenvalue weighted by Crippen LogP contribution is 2.23. The number of carbonyl (C=O) groups excluding carboxylic acids is 1. The lowest BCUT2D eigenvalue weighted by molar-refractivity contribution is -0.142. The van der Waals surface area contributed by atoms with Crippen LogP contribution in [0.5, 0.6) is 0 Å². The predicted octanol–water partition coefficient (Wildman–Crippen LogP) is 4.31. The summed E-state index contributed by atoms with van der Waals surface area (Å²) in [5, 5.41) is 9.00. The molecule has 0 N–H and O–H groups in total. The smallest absolute Gasteiger partial charge is 0.335 e. The molecule has 0 aliphatic heterocycles. The molecule has 4 heteroatoms. The van der Waals surface area contributed by atoms with Gasteiger partial charge in [-0.05, 0) is 17.7 Å². The van der Waals surface area contributed by atoms with Crippen molar-refractivity contribution in [2.24, 2.45) is 4.99 Å². The van der Waals surface area contributed by atoms with Crippen LogP contribution in [0.3, 0.4) is 0 Å². The molecule has 0 aliphatic rings. The minimum Gasteiger partial charge on any atom is -0.467 e. The first kappa shape index (κ1) is 18.1. The van der Waals surface area contributed by atoms with Gasteiger partial charge in [-0.15, -0.1) is 0 Å². The summed E-state index contributed by atoms with van der Waals surface area (Å²) in [6.07, 6.45) is 0. The van der Waals surface area contributed by atoms with E-state index >= 15 is 0 Å². The van der Waals surface area contributed by atoms with Gasteiger partial charge in [0, 0.05) is 11.1 Å². The summed E-state index contributed by atoms with van der Waals surface area (Å²) in [6, 6.07) is 27.5. The first-order valence-electron chi connectivity index (χ1n) is 8.49. The van der Waals surface area contributed by atoms with E-state index in [1.807, 2.05) is 60.7 Å². The Morgan fingerprint density at radius 2 is 1.41 bits per heavy atom. The summed E-state index contributed by atoms with van der Waals surface area (Å²) in [4.78, 5) is 17.2. The van der Waals surface area contributed by atoms with Crippen molar-refractivity contribution in [3.63, 3.8) is 0 Å². The number of esters is 1. The average molecular weight is 354 g/mol. The number of nitrogens with zero attached hydrogens (tertiary/aromatic N) is 2. The van der Waals surface area contributed by atoms with Crippen LogP contribution in [0.4, 0.5) is 0 Å². The van der Waals surface area contributed by atoms with E-state index in [1.54, 1.807) is 24.3 Å². The zero-order valence-corrected chi connectivity index (χ0v) is 14.9. The van der Waals surface area contributed by atoms with E-state index in [4.69, 9.17) is 15.0 Å². The van der Waals surface area contributed by atoms with E-state index in [-0.39, 0.29) is 0 Å². The fourth-order valence-corrected chi connectivity index (χ4v) is 2.75. The monoisotopic (exact) mass is 354 g/mol. The summed E-state index contributed by atoms with van der Waals surface area (Å²) < 4.78 is 4.98. The summed E-state index contributed by atoms with van der Waals surface area (Å²) in [7, 11) is 1.35. The molecule has 1 atom stereocenters. The Morgan fingerprint density at radius 1 is 0.889 bits per heavy atom. The van der Waals surface area contributed by atoms with Crippen LogP contribution in [0.2, 0.25) is 0 Å². The second kappa shape index (κ2) is 8.59. The van der Waals surface area contributed by atoms with Crippen molar-refractivity contribution < 1.29 is 9.53 Å². The minimum atomic E-state index is -0.821. The highest BCUT2D eigenvalue weighted by molar-refractivity contribution is 6.13. The Hall–Kier alpha value is -3.71. The zero-order valence-electron chi connectivity index (χ0n) is 14.9. The number of carbonyl (C=O) groups is 1. The van der Waals surface area contributed by atoms with Crippen LogP contribution < -0.4 is 0 Å². The third-order valence-electron chi connectivity index (χ3n) is 4.13. The molecule has 3 rings (SSSR count). The molecule has 0 amide bonds. The Bertz CT molecular complexity index is 931. The molecule has 1 unspecified atom stereocenters. The number of hydrogen-bond donors (Lipinski definition) is 0. The molecule has 0 bridgehead atoms. The van der Waals surface area contributed by atoms with Gasteiger partial charge in [-0.25, -0.2) is 4.79 Å². The third-order valence-corrected chi connectivity index (χ3v) is 4.13. The van der Waals surface area contributed by atoms with Crippen molar-refractivity contribution in [2.45, 2.75) is 6.04 Å². The first-order valence-corrected chi connectivity index (χ1v) is 8.49. The molecule has 0 spiro atoms. The van der Waals surface area contributed by atoms with Crippen LogP contribution in [0.15, 0.2) is 89.9 Å². The lowest BCUT2D eigenvalue weighted by Gasteiger charge is -2.15. The predicted molar refractivity (Wildman–Crippen MR) is 104 cm³/mol. The van der Waals surface area contributed by atoms with Gasteiger partial charge in [-0.2, -0.15) is 5.26 Å². The van der Waals surface area contributed by atoms with E-state index in [0.717, 1.165) is 11.1 Å². The first-order chi connectivity index (χ1) is 13.2.